The fraction of sp³-hybridized carbons (Fsp3) is 0.462. The van der Waals surface area contributed by atoms with Gasteiger partial charge in [0.25, 0.3) is 0 Å². The van der Waals surface area contributed by atoms with E-state index >= 15 is 0 Å². The summed E-state index contributed by atoms with van der Waals surface area (Å²) in [6, 6.07) is 4.31. The van der Waals surface area contributed by atoms with Crippen molar-refractivity contribution in [3.05, 3.63) is 30.4 Å². The molecule has 108 valence electrons. The van der Waals surface area contributed by atoms with Crippen molar-refractivity contribution in [2.24, 2.45) is 0 Å². The number of anilines is 1. The summed E-state index contributed by atoms with van der Waals surface area (Å²) < 4.78 is 3.54. The third-order valence-electron chi connectivity index (χ3n) is 3.83. The molecular weight excluding hydrogens is 268 g/mol. The zero-order valence-corrected chi connectivity index (χ0v) is 11.8. The van der Waals surface area contributed by atoms with Crippen LogP contribution in [-0.4, -0.2) is 47.9 Å². The molecule has 0 aliphatic carbocycles. The van der Waals surface area contributed by atoms with Gasteiger partial charge in [0.15, 0.2) is 11.5 Å². The highest BCUT2D eigenvalue weighted by molar-refractivity contribution is 5.45. The molecule has 4 heterocycles. The van der Waals surface area contributed by atoms with Crippen molar-refractivity contribution < 1.29 is 0 Å². The Balaban J connectivity index is 1.61. The summed E-state index contributed by atoms with van der Waals surface area (Å²) in [4.78, 5) is 6.57. The number of nitrogens with zero attached hydrogens (tertiary/aromatic N) is 8. The summed E-state index contributed by atoms with van der Waals surface area (Å²) in [5.41, 5.74) is 0.779. The van der Waals surface area contributed by atoms with E-state index in [0.717, 1.165) is 43.2 Å². The SMILES string of the molecule is Cc1nc2ccc(N3CCCC(n4ccnn4)C3)nn2n1. The number of aromatic nitrogens is 7. The van der Waals surface area contributed by atoms with Crippen molar-refractivity contribution in [2.45, 2.75) is 25.8 Å². The van der Waals surface area contributed by atoms with E-state index in [-0.39, 0.29) is 0 Å². The Morgan fingerprint density at radius 2 is 2.19 bits per heavy atom. The maximum atomic E-state index is 4.56. The molecule has 0 amide bonds. The smallest absolute Gasteiger partial charge is 0.176 e. The number of piperidine rings is 1. The fourth-order valence-corrected chi connectivity index (χ4v) is 2.84. The first kappa shape index (κ1) is 12.2. The molecule has 0 aromatic carbocycles. The first-order valence-electron chi connectivity index (χ1n) is 7.11. The molecule has 21 heavy (non-hydrogen) atoms. The molecule has 0 radical (unpaired) electrons. The Labute approximate surface area is 121 Å². The van der Waals surface area contributed by atoms with E-state index < -0.39 is 0 Å². The molecule has 0 N–H and O–H groups in total. The topological polar surface area (TPSA) is 77.0 Å². The van der Waals surface area contributed by atoms with Gasteiger partial charge in [-0.15, -0.1) is 19.9 Å². The number of hydrogen-bond donors (Lipinski definition) is 0. The van der Waals surface area contributed by atoms with E-state index in [4.69, 9.17) is 0 Å². The minimum atomic E-state index is 0.344. The zero-order valence-electron chi connectivity index (χ0n) is 11.8. The highest BCUT2D eigenvalue weighted by atomic mass is 15.5. The van der Waals surface area contributed by atoms with Crippen molar-refractivity contribution in [1.82, 2.24) is 34.8 Å². The number of fused-ring (bicyclic) bond motifs is 1. The predicted octanol–water partition coefficient (Wildman–Crippen LogP) is 0.866. The van der Waals surface area contributed by atoms with Gasteiger partial charge in [0.2, 0.25) is 0 Å². The van der Waals surface area contributed by atoms with Gasteiger partial charge >= 0.3 is 0 Å². The predicted molar refractivity (Wildman–Crippen MR) is 76.0 cm³/mol. The molecule has 3 aromatic rings. The largest absolute Gasteiger partial charge is 0.353 e. The molecule has 1 fully saturated rings. The van der Waals surface area contributed by atoms with Crippen LogP contribution in [0.1, 0.15) is 24.7 Å². The Bertz CT molecular complexity index is 747. The van der Waals surface area contributed by atoms with Gasteiger partial charge in [0, 0.05) is 19.3 Å². The monoisotopic (exact) mass is 284 g/mol. The van der Waals surface area contributed by atoms with Crippen LogP contribution >= 0.6 is 0 Å². The lowest BCUT2D eigenvalue weighted by atomic mass is 10.1. The Morgan fingerprint density at radius 1 is 1.24 bits per heavy atom. The second kappa shape index (κ2) is 4.80. The van der Waals surface area contributed by atoms with E-state index in [0.29, 0.717) is 6.04 Å². The third-order valence-corrected chi connectivity index (χ3v) is 3.83. The van der Waals surface area contributed by atoms with Crippen LogP contribution in [0.4, 0.5) is 5.82 Å². The van der Waals surface area contributed by atoms with Gasteiger partial charge in [-0.25, -0.2) is 9.67 Å². The molecule has 0 spiro atoms. The van der Waals surface area contributed by atoms with Crippen LogP contribution in [0.5, 0.6) is 0 Å². The van der Waals surface area contributed by atoms with Crippen LogP contribution in [0, 0.1) is 6.92 Å². The average Bonchev–Trinajstić information content (AvgIpc) is 3.15. The molecule has 1 atom stereocenters. The zero-order chi connectivity index (χ0) is 14.2. The number of rotatable bonds is 2. The van der Waals surface area contributed by atoms with Gasteiger partial charge in [-0.3, -0.25) is 0 Å². The summed E-state index contributed by atoms with van der Waals surface area (Å²) in [6.07, 6.45) is 5.87. The first-order chi connectivity index (χ1) is 10.3. The average molecular weight is 284 g/mol. The number of hydrogen-bond acceptors (Lipinski definition) is 6. The van der Waals surface area contributed by atoms with Gasteiger partial charge in [-0.1, -0.05) is 5.21 Å². The molecule has 1 aliphatic heterocycles. The molecule has 1 unspecified atom stereocenters. The van der Waals surface area contributed by atoms with Crippen LogP contribution in [0.2, 0.25) is 0 Å². The lowest BCUT2D eigenvalue weighted by Gasteiger charge is -2.33. The van der Waals surface area contributed by atoms with Gasteiger partial charge in [0.05, 0.1) is 12.2 Å². The minimum absolute atomic E-state index is 0.344. The lowest BCUT2D eigenvalue weighted by molar-refractivity contribution is 0.367. The minimum Gasteiger partial charge on any atom is -0.353 e. The van der Waals surface area contributed by atoms with Crippen LogP contribution in [0.3, 0.4) is 0 Å². The maximum absolute atomic E-state index is 4.56. The van der Waals surface area contributed by atoms with E-state index in [1.807, 2.05) is 29.9 Å². The van der Waals surface area contributed by atoms with Gasteiger partial charge in [0.1, 0.15) is 5.82 Å². The third kappa shape index (κ3) is 2.22. The molecular formula is C13H16N8. The van der Waals surface area contributed by atoms with Gasteiger partial charge in [-0.2, -0.15) is 0 Å². The van der Waals surface area contributed by atoms with Crippen molar-refractivity contribution in [1.29, 1.82) is 0 Å². The highest BCUT2D eigenvalue weighted by Crippen LogP contribution is 2.24. The summed E-state index contributed by atoms with van der Waals surface area (Å²) >= 11 is 0. The molecule has 4 rings (SSSR count). The second-order valence-electron chi connectivity index (χ2n) is 5.32. The molecule has 1 saturated heterocycles. The van der Waals surface area contributed by atoms with Crippen LogP contribution in [-0.2, 0) is 0 Å². The molecule has 0 saturated carbocycles. The Kier molecular flexibility index (Phi) is 2.80. The van der Waals surface area contributed by atoms with Crippen molar-refractivity contribution in [2.75, 3.05) is 18.0 Å². The van der Waals surface area contributed by atoms with E-state index in [2.05, 4.69) is 30.4 Å². The molecule has 3 aromatic heterocycles. The van der Waals surface area contributed by atoms with E-state index in [1.165, 1.54) is 0 Å². The maximum Gasteiger partial charge on any atom is 0.176 e. The van der Waals surface area contributed by atoms with Gasteiger partial charge < -0.3 is 4.90 Å². The quantitative estimate of drug-likeness (QED) is 0.695. The van der Waals surface area contributed by atoms with Crippen molar-refractivity contribution >= 4 is 11.5 Å². The molecule has 8 heteroatoms. The van der Waals surface area contributed by atoms with Crippen LogP contribution in [0.15, 0.2) is 24.5 Å². The lowest BCUT2D eigenvalue weighted by Crippen LogP contribution is -2.37. The van der Waals surface area contributed by atoms with Crippen LogP contribution < -0.4 is 4.90 Å². The first-order valence-corrected chi connectivity index (χ1v) is 7.11. The van der Waals surface area contributed by atoms with Crippen molar-refractivity contribution in [3.63, 3.8) is 0 Å². The Hall–Kier alpha value is -2.51. The molecule has 8 nitrogen and oxygen atoms in total. The summed E-state index contributed by atoms with van der Waals surface area (Å²) in [5, 5.41) is 16.8. The normalized spacial score (nSPS) is 19.3. The number of aryl methyl sites for hydroxylation is 1. The standard InChI is InChI=1S/C13H16N8/c1-10-15-12-4-5-13(17-21(12)16-10)19-7-2-3-11(9-19)20-8-6-14-18-20/h4-6,8,11H,2-3,7,9H2,1H3. The Morgan fingerprint density at radius 3 is 3.05 bits per heavy atom. The second-order valence-corrected chi connectivity index (χ2v) is 5.32. The molecule has 1 aliphatic rings. The van der Waals surface area contributed by atoms with Crippen molar-refractivity contribution in [3.8, 4) is 0 Å². The van der Waals surface area contributed by atoms with E-state index in [1.54, 1.807) is 10.8 Å². The summed E-state index contributed by atoms with van der Waals surface area (Å²) in [7, 11) is 0. The van der Waals surface area contributed by atoms with Crippen LogP contribution in [0.25, 0.3) is 5.65 Å². The molecule has 0 bridgehead atoms. The van der Waals surface area contributed by atoms with Gasteiger partial charge in [-0.05, 0) is 31.9 Å². The van der Waals surface area contributed by atoms with E-state index in [9.17, 15) is 0 Å². The highest BCUT2D eigenvalue weighted by Gasteiger charge is 2.23. The fourth-order valence-electron chi connectivity index (χ4n) is 2.84. The summed E-state index contributed by atoms with van der Waals surface area (Å²) in [6.45, 7) is 3.75. The summed E-state index contributed by atoms with van der Waals surface area (Å²) in [5.74, 6) is 1.66.